The predicted molar refractivity (Wildman–Crippen MR) is 175 cm³/mol. The van der Waals surface area contributed by atoms with Gasteiger partial charge in [0, 0.05) is 33.3 Å². The smallest absolute Gasteiger partial charge is 0.303 e. The second-order valence-corrected chi connectivity index (χ2v) is 11.6. The number of nitrogens with zero attached hydrogens (tertiary/aromatic N) is 2. The number of methoxy groups -OCH3 is 1. The highest BCUT2D eigenvalue weighted by molar-refractivity contribution is 7.84. The summed E-state index contributed by atoms with van der Waals surface area (Å²) in [7, 11) is 1.52. The van der Waals surface area contributed by atoms with E-state index in [-0.39, 0.29) is 21.9 Å². The van der Waals surface area contributed by atoms with Crippen molar-refractivity contribution in [1.29, 1.82) is 5.26 Å². The minimum atomic E-state index is -1.54. The average Bonchev–Trinajstić information content (AvgIpc) is 3.05. The number of thiol groups is 1. The number of carbonyl (C=O) groups excluding carboxylic acids is 5. The fourth-order valence-electron chi connectivity index (χ4n) is 5.94. The number of nitriles is 1. The third kappa shape index (κ3) is 8.13. The molecule has 49 heavy (non-hydrogen) atoms. The lowest BCUT2D eigenvalue weighted by atomic mass is 9.78. The van der Waals surface area contributed by atoms with Crippen LogP contribution in [0.4, 0.5) is 0 Å². The molecule has 0 bridgehead atoms. The molecule has 258 valence electrons. The summed E-state index contributed by atoms with van der Waals surface area (Å²) < 4.78 is 34.0. The standard InChI is InChI=1S/C35H36N2O11S/c1-18(38)28-29(23-12-14-25(43-6)15-13-23)26(16-36)35(49)37(30(28)24-10-8-7-9-11-24)34-33(47-22(5)42)32(46-21(4)41)31(45-20(3)40)27(48-34)17-44-19(2)39/h7-15,27,29,31-34,49H,17H2,1-6H3/t27-,29-,31+,32+,33+,34+/m0/s1. The van der Waals surface area contributed by atoms with Crippen LogP contribution in [0.3, 0.4) is 0 Å². The zero-order valence-electron chi connectivity index (χ0n) is 27.7. The van der Waals surface area contributed by atoms with E-state index in [4.69, 9.17) is 41.0 Å². The number of allylic oxidation sites excluding steroid dienone is 2. The summed E-state index contributed by atoms with van der Waals surface area (Å²) in [6.07, 6.45) is -7.24. The molecule has 2 aromatic carbocycles. The molecule has 14 heteroatoms. The van der Waals surface area contributed by atoms with E-state index in [1.807, 2.05) is 0 Å². The highest BCUT2D eigenvalue weighted by atomic mass is 32.1. The van der Waals surface area contributed by atoms with Crippen molar-refractivity contribution in [1.82, 2.24) is 4.90 Å². The Bertz CT molecular complexity index is 1710. The Labute approximate surface area is 288 Å². The number of ether oxygens (including phenoxy) is 6. The molecule has 1 saturated heterocycles. The van der Waals surface area contributed by atoms with Crippen molar-refractivity contribution in [2.45, 2.75) is 71.2 Å². The van der Waals surface area contributed by atoms with Gasteiger partial charge in [-0.15, -0.1) is 12.6 Å². The zero-order valence-corrected chi connectivity index (χ0v) is 28.6. The van der Waals surface area contributed by atoms with Crippen LogP contribution in [0.15, 0.2) is 70.8 Å². The molecule has 1 fully saturated rings. The molecule has 0 spiro atoms. The van der Waals surface area contributed by atoms with Gasteiger partial charge in [-0.2, -0.15) is 5.26 Å². The van der Waals surface area contributed by atoms with Gasteiger partial charge in [0.2, 0.25) is 0 Å². The van der Waals surface area contributed by atoms with Crippen LogP contribution < -0.4 is 4.74 Å². The Morgan fingerprint density at radius 2 is 1.39 bits per heavy atom. The topological polar surface area (TPSA) is 168 Å². The summed E-state index contributed by atoms with van der Waals surface area (Å²) in [5, 5.41) is 10.7. The molecular weight excluding hydrogens is 656 g/mol. The van der Waals surface area contributed by atoms with E-state index in [2.05, 4.69) is 6.07 Å². The molecule has 0 aromatic heterocycles. The fourth-order valence-corrected chi connectivity index (χ4v) is 6.33. The number of benzene rings is 2. The Morgan fingerprint density at radius 3 is 1.90 bits per heavy atom. The van der Waals surface area contributed by atoms with Crippen molar-refractivity contribution < 1.29 is 52.4 Å². The zero-order chi connectivity index (χ0) is 36.0. The summed E-state index contributed by atoms with van der Waals surface area (Å²) in [5.41, 5.74) is 1.56. The third-order valence-electron chi connectivity index (χ3n) is 7.76. The van der Waals surface area contributed by atoms with Gasteiger partial charge in [0.1, 0.15) is 18.5 Å². The first kappa shape index (κ1) is 36.7. The maximum Gasteiger partial charge on any atom is 0.303 e. The van der Waals surface area contributed by atoms with E-state index in [1.165, 1.54) is 25.9 Å². The molecule has 0 saturated carbocycles. The summed E-state index contributed by atoms with van der Waals surface area (Å²) in [5.74, 6) is -3.84. The average molecular weight is 693 g/mol. The van der Waals surface area contributed by atoms with Gasteiger partial charge in [0.15, 0.2) is 30.3 Å². The van der Waals surface area contributed by atoms with Crippen LogP contribution in [-0.2, 0) is 47.7 Å². The number of Topliss-reactive ketones (excluding diaryl/α,β-unsaturated/α-hetero) is 1. The Morgan fingerprint density at radius 1 is 0.816 bits per heavy atom. The fraction of sp³-hybridized carbons (Fsp3) is 0.371. The van der Waals surface area contributed by atoms with E-state index in [0.29, 0.717) is 16.9 Å². The van der Waals surface area contributed by atoms with Crippen molar-refractivity contribution in [3.05, 3.63) is 81.9 Å². The monoisotopic (exact) mass is 692 g/mol. The van der Waals surface area contributed by atoms with Gasteiger partial charge in [0.05, 0.1) is 35.4 Å². The van der Waals surface area contributed by atoms with Crippen LogP contribution in [0, 0.1) is 11.3 Å². The van der Waals surface area contributed by atoms with Gasteiger partial charge in [-0.3, -0.25) is 24.0 Å². The first-order valence-electron chi connectivity index (χ1n) is 15.2. The largest absolute Gasteiger partial charge is 0.497 e. The second kappa shape index (κ2) is 15.8. The molecule has 2 aromatic rings. The molecule has 4 rings (SSSR count). The quantitative estimate of drug-likeness (QED) is 0.217. The van der Waals surface area contributed by atoms with Gasteiger partial charge < -0.3 is 33.3 Å². The van der Waals surface area contributed by atoms with E-state index in [1.54, 1.807) is 54.6 Å². The van der Waals surface area contributed by atoms with Crippen molar-refractivity contribution >= 4 is 48.0 Å². The Balaban J connectivity index is 2.06. The van der Waals surface area contributed by atoms with Crippen LogP contribution in [0.25, 0.3) is 5.70 Å². The molecule has 2 aliphatic rings. The van der Waals surface area contributed by atoms with E-state index >= 15 is 0 Å². The predicted octanol–water partition coefficient (Wildman–Crippen LogP) is 3.84. The van der Waals surface area contributed by atoms with E-state index < -0.39 is 72.8 Å². The molecule has 0 aliphatic carbocycles. The minimum Gasteiger partial charge on any atom is -0.497 e. The lowest BCUT2D eigenvalue weighted by Crippen LogP contribution is -2.66. The number of hydrogen-bond donors (Lipinski definition) is 1. The lowest BCUT2D eigenvalue weighted by molar-refractivity contribution is -0.269. The first-order chi connectivity index (χ1) is 23.3. The van der Waals surface area contributed by atoms with Crippen LogP contribution in [-0.4, -0.2) is 78.9 Å². The highest BCUT2D eigenvalue weighted by Gasteiger charge is 2.56. The summed E-state index contributed by atoms with van der Waals surface area (Å²) in [6.45, 7) is 5.41. The minimum absolute atomic E-state index is 0.0214. The van der Waals surface area contributed by atoms with Crippen molar-refractivity contribution in [2.24, 2.45) is 0 Å². The molecular formula is C35H36N2O11S. The van der Waals surface area contributed by atoms with Gasteiger partial charge >= 0.3 is 23.9 Å². The van der Waals surface area contributed by atoms with Crippen molar-refractivity contribution in [3.63, 3.8) is 0 Å². The molecule has 0 radical (unpaired) electrons. The Hall–Kier alpha value is -5.13. The molecule has 2 aliphatic heterocycles. The number of hydrogen-bond acceptors (Lipinski definition) is 14. The molecule has 0 unspecified atom stereocenters. The van der Waals surface area contributed by atoms with Gasteiger partial charge in [-0.1, -0.05) is 42.5 Å². The van der Waals surface area contributed by atoms with E-state index in [0.717, 1.165) is 20.8 Å². The molecule has 0 N–H and O–H groups in total. The maximum absolute atomic E-state index is 13.8. The van der Waals surface area contributed by atoms with E-state index in [9.17, 15) is 29.2 Å². The summed E-state index contributed by atoms with van der Waals surface area (Å²) >= 11 is 4.85. The SMILES string of the molecule is COc1ccc([C@H]2C(C#N)=C(S)N([C@@H]3O[C@@H](COC(C)=O)[C@@H](OC(C)=O)[C@@H](OC(C)=O)[C@H]3OC(C)=O)C(c3ccccc3)=C2C(C)=O)cc1. The first-order valence-corrected chi connectivity index (χ1v) is 15.6. The van der Waals surface area contributed by atoms with Crippen LogP contribution in [0.5, 0.6) is 5.75 Å². The molecule has 0 amide bonds. The van der Waals surface area contributed by atoms with Gasteiger partial charge in [-0.25, -0.2) is 0 Å². The number of esters is 4. The van der Waals surface area contributed by atoms with Crippen LogP contribution in [0.1, 0.15) is 51.7 Å². The molecule has 13 nitrogen and oxygen atoms in total. The van der Waals surface area contributed by atoms with Crippen LogP contribution in [0.2, 0.25) is 0 Å². The summed E-state index contributed by atoms with van der Waals surface area (Å²) in [6, 6.07) is 17.8. The molecule has 2 heterocycles. The number of rotatable bonds is 10. The highest BCUT2D eigenvalue weighted by Crippen LogP contribution is 2.49. The second-order valence-electron chi connectivity index (χ2n) is 11.2. The third-order valence-corrected chi connectivity index (χ3v) is 8.22. The van der Waals surface area contributed by atoms with Crippen LogP contribution >= 0.6 is 12.6 Å². The summed E-state index contributed by atoms with van der Waals surface area (Å²) in [4.78, 5) is 64.5. The Kier molecular flexibility index (Phi) is 11.9. The number of ketones is 1. The maximum atomic E-state index is 13.8. The van der Waals surface area contributed by atoms with Crippen molar-refractivity contribution in [2.75, 3.05) is 13.7 Å². The van der Waals surface area contributed by atoms with Gasteiger partial charge in [0.25, 0.3) is 0 Å². The number of carbonyl (C=O) groups is 5. The lowest BCUT2D eigenvalue weighted by Gasteiger charge is -2.50. The van der Waals surface area contributed by atoms with Gasteiger partial charge in [-0.05, 0) is 30.2 Å². The normalized spacial score (nSPS) is 23.6. The molecule has 6 atom stereocenters. The van der Waals surface area contributed by atoms with Crippen molar-refractivity contribution in [3.8, 4) is 11.8 Å².